The predicted octanol–water partition coefficient (Wildman–Crippen LogP) is 7.76. The van der Waals surface area contributed by atoms with Crippen LogP contribution >= 0.6 is 27.3 Å². The molecular formula is C39H33BrN4O2S. The van der Waals surface area contributed by atoms with Crippen LogP contribution in [0, 0.1) is 0 Å². The van der Waals surface area contributed by atoms with Crippen LogP contribution < -0.4 is 20.2 Å². The third-order valence-corrected chi connectivity index (χ3v) is 10.1. The Labute approximate surface area is 285 Å². The fourth-order valence-electron chi connectivity index (χ4n) is 6.16. The summed E-state index contributed by atoms with van der Waals surface area (Å²) < 4.78 is 5.52. The van der Waals surface area contributed by atoms with Gasteiger partial charge in [-0.2, -0.15) is 0 Å². The van der Waals surface area contributed by atoms with E-state index >= 15 is 0 Å². The summed E-state index contributed by atoms with van der Waals surface area (Å²) in [5.41, 5.74) is 6.84. The summed E-state index contributed by atoms with van der Waals surface area (Å²) in [4.78, 5) is 33.7. The number of aromatic nitrogens is 2. The number of carbonyl (C=O) groups is 1. The van der Waals surface area contributed by atoms with E-state index in [1.807, 2.05) is 79.7 Å². The molecule has 0 bridgehead atoms. The van der Waals surface area contributed by atoms with Crippen LogP contribution in [0.15, 0.2) is 135 Å². The molecule has 1 amide bonds. The summed E-state index contributed by atoms with van der Waals surface area (Å²) in [5.74, 6) is 0.0794. The Morgan fingerprint density at radius 3 is 2.38 bits per heavy atom. The SMILES string of the molecule is CC1=C(C(=O)Nc2ccccc2)[C@H](c2ccc(C(C)C)cc2)n2c(s/c(=C/c3cn(Cc4ccc(Br)cc4)c4ccccc34)c2=O)=N1. The number of fused-ring (bicyclic) bond motifs is 2. The second-order valence-electron chi connectivity index (χ2n) is 12.1. The molecule has 0 unspecified atom stereocenters. The number of carbonyl (C=O) groups excluding carboxylic acids is 1. The van der Waals surface area contributed by atoms with Crippen LogP contribution in [-0.2, 0) is 11.3 Å². The van der Waals surface area contributed by atoms with E-state index in [0.29, 0.717) is 38.8 Å². The van der Waals surface area contributed by atoms with Gasteiger partial charge in [-0.25, -0.2) is 4.99 Å². The Kier molecular flexibility index (Phi) is 8.39. The molecule has 1 aliphatic heterocycles. The van der Waals surface area contributed by atoms with E-state index in [1.54, 1.807) is 4.57 Å². The molecule has 1 atom stereocenters. The summed E-state index contributed by atoms with van der Waals surface area (Å²) in [6, 6.07) is 33.5. The first-order valence-electron chi connectivity index (χ1n) is 15.6. The molecule has 0 spiro atoms. The molecule has 3 heterocycles. The molecule has 1 aliphatic rings. The van der Waals surface area contributed by atoms with Crippen molar-refractivity contribution in [3.8, 4) is 0 Å². The number of thiazole rings is 1. The lowest BCUT2D eigenvalue weighted by molar-refractivity contribution is -0.113. The van der Waals surface area contributed by atoms with Crippen LogP contribution in [0.4, 0.5) is 5.69 Å². The Morgan fingerprint density at radius 2 is 1.66 bits per heavy atom. The molecule has 0 radical (unpaired) electrons. The zero-order valence-corrected chi connectivity index (χ0v) is 28.7. The lowest BCUT2D eigenvalue weighted by Gasteiger charge is -2.25. The largest absolute Gasteiger partial charge is 0.342 e. The van der Waals surface area contributed by atoms with Gasteiger partial charge >= 0.3 is 0 Å². The van der Waals surface area contributed by atoms with E-state index in [2.05, 4.69) is 82.3 Å². The van der Waals surface area contributed by atoms with Gasteiger partial charge in [-0.15, -0.1) is 0 Å². The van der Waals surface area contributed by atoms with Crippen molar-refractivity contribution in [3.63, 3.8) is 0 Å². The minimum absolute atomic E-state index is 0.172. The number of benzene rings is 4. The third-order valence-electron chi connectivity index (χ3n) is 8.59. The van der Waals surface area contributed by atoms with Crippen molar-refractivity contribution in [3.05, 3.63) is 167 Å². The van der Waals surface area contributed by atoms with Crippen molar-refractivity contribution in [1.82, 2.24) is 9.13 Å². The molecular weight excluding hydrogens is 668 g/mol. The third kappa shape index (κ3) is 6.06. The van der Waals surface area contributed by atoms with Gasteiger partial charge in [0, 0.05) is 39.4 Å². The van der Waals surface area contributed by atoms with E-state index < -0.39 is 6.04 Å². The standard InChI is InChI=1S/C39H33BrN4O2S/c1-24(2)27-15-17-28(18-16-27)36-35(37(45)42-31-9-5-4-6-10-31)25(3)41-39-44(36)38(46)34(47-39)21-29-23-43(33-12-8-7-11-32(29)33)22-26-13-19-30(40)20-14-26/h4-21,23-24,36H,22H2,1-3H3,(H,42,45)/b34-21+/t36-/m0/s1. The Morgan fingerprint density at radius 1 is 0.957 bits per heavy atom. The highest BCUT2D eigenvalue weighted by Crippen LogP contribution is 2.32. The number of anilines is 1. The minimum Gasteiger partial charge on any atom is -0.342 e. The van der Waals surface area contributed by atoms with Crippen LogP contribution in [0.25, 0.3) is 17.0 Å². The van der Waals surface area contributed by atoms with E-state index in [4.69, 9.17) is 4.99 Å². The molecule has 0 aliphatic carbocycles. The molecule has 4 aromatic carbocycles. The molecule has 1 N–H and O–H groups in total. The number of rotatable bonds is 7. The van der Waals surface area contributed by atoms with Gasteiger partial charge in [0.1, 0.15) is 0 Å². The van der Waals surface area contributed by atoms with Gasteiger partial charge in [-0.3, -0.25) is 14.2 Å². The molecule has 0 saturated heterocycles. The number of nitrogens with one attached hydrogen (secondary N) is 1. The number of allylic oxidation sites excluding steroid dienone is 1. The first-order chi connectivity index (χ1) is 22.8. The molecule has 6 nitrogen and oxygen atoms in total. The van der Waals surface area contributed by atoms with Gasteiger partial charge in [0.2, 0.25) is 0 Å². The smallest absolute Gasteiger partial charge is 0.271 e. The lowest BCUT2D eigenvalue weighted by Crippen LogP contribution is -2.40. The van der Waals surface area contributed by atoms with Crippen LogP contribution in [0.3, 0.4) is 0 Å². The van der Waals surface area contributed by atoms with Crippen molar-refractivity contribution in [2.75, 3.05) is 5.32 Å². The summed E-state index contributed by atoms with van der Waals surface area (Å²) >= 11 is 4.88. The highest BCUT2D eigenvalue weighted by molar-refractivity contribution is 9.10. The first-order valence-corrected chi connectivity index (χ1v) is 17.2. The molecule has 6 aromatic rings. The Balaban J connectivity index is 1.35. The predicted molar refractivity (Wildman–Crippen MR) is 195 cm³/mol. The number of para-hydroxylation sites is 2. The zero-order chi connectivity index (χ0) is 32.7. The fourth-order valence-corrected chi connectivity index (χ4v) is 7.46. The topological polar surface area (TPSA) is 68.4 Å². The number of hydrogen-bond acceptors (Lipinski definition) is 4. The van der Waals surface area contributed by atoms with Crippen molar-refractivity contribution in [2.45, 2.75) is 39.3 Å². The van der Waals surface area contributed by atoms with Crippen LogP contribution in [-0.4, -0.2) is 15.0 Å². The minimum atomic E-state index is -0.628. The Bertz CT molecular complexity index is 2330. The van der Waals surface area contributed by atoms with Gasteiger partial charge in [0.15, 0.2) is 4.80 Å². The molecule has 0 fully saturated rings. The molecule has 47 heavy (non-hydrogen) atoms. The second-order valence-corrected chi connectivity index (χ2v) is 14.0. The van der Waals surface area contributed by atoms with E-state index in [9.17, 15) is 9.59 Å². The maximum Gasteiger partial charge on any atom is 0.271 e. The molecule has 234 valence electrons. The second kappa shape index (κ2) is 12.8. The van der Waals surface area contributed by atoms with Crippen LogP contribution in [0.2, 0.25) is 0 Å². The van der Waals surface area contributed by atoms with Crippen molar-refractivity contribution in [1.29, 1.82) is 0 Å². The zero-order valence-electron chi connectivity index (χ0n) is 26.3. The van der Waals surface area contributed by atoms with Gasteiger partial charge in [-0.05, 0) is 65.9 Å². The molecule has 0 saturated carbocycles. The monoisotopic (exact) mass is 700 g/mol. The summed E-state index contributed by atoms with van der Waals surface area (Å²) in [5, 5.41) is 4.10. The average Bonchev–Trinajstić information content (AvgIpc) is 3.57. The quantitative estimate of drug-likeness (QED) is 0.185. The molecule has 8 heteroatoms. The normalized spacial score (nSPS) is 14.8. The summed E-state index contributed by atoms with van der Waals surface area (Å²) in [6.07, 6.45) is 4.07. The van der Waals surface area contributed by atoms with E-state index in [0.717, 1.165) is 26.5 Å². The van der Waals surface area contributed by atoms with Gasteiger partial charge < -0.3 is 9.88 Å². The number of hydrogen-bond donors (Lipinski definition) is 1. The van der Waals surface area contributed by atoms with Crippen molar-refractivity contribution in [2.24, 2.45) is 4.99 Å². The molecule has 7 rings (SSSR count). The van der Waals surface area contributed by atoms with Gasteiger partial charge in [0.25, 0.3) is 11.5 Å². The van der Waals surface area contributed by atoms with E-state index in [-0.39, 0.29) is 11.5 Å². The summed E-state index contributed by atoms with van der Waals surface area (Å²) in [7, 11) is 0. The number of amides is 1. The average molecular weight is 702 g/mol. The molecule has 2 aromatic heterocycles. The highest BCUT2D eigenvalue weighted by Gasteiger charge is 2.32. The van der Waals surface area contributed by atoms with Gasteiger partial charge in [0.05, 0.1) is 21.8 Å². The van der Waals surface area contributed by atoms with Crippen LogP contribution in [0.1, 0.15) is 55.0 Å². The fraction of sp³-hybridized carbons (Fsp3) is 0.154. The summed E-state index contributed by atoms with van der Waals surface area (Å²) in [6.45, 7) is 6.85. The maximum absolute atomic E-state index is 14.4. The van der Waals surface area contributed by atoms with Crippen molar-refractivity contribution < 1.29 is 4.79 Å². The highest BCUT2D eigenvalue weighted by atomic mass is 79.9. The number of nitrogens with zero attached hydrogens (tertiary/aromatic N) is 3. The van der Waals surface area contributed by atoms with Crippen LogP contribution in [0.5, 0.6) is 0 Å². The van der Waals surface area contributed by atoms with Gasteiger partial charge in [-0.1, -0.05) is 114 Å². The Hall–Kier alpha value is -4.79. The number of halogens is 1. The van der Waals surface area contributed by atoms with E-state index in [1.165, 1.54) is 22.5 Å². The first kappa shape index (κ1) is 30.8. The maximum atomic E-state index is 14.4. The lowest BCUT2D eigenvalue weighted by atomic mass is 9.93. The van der Waals surface area contributed by atoms with Crippen molar-refractivity contribution >= 4 is 55.8 Å².